The lowest BCUT2D eigenvalue weighted by Gasteiger charge is -2.26. The Morgan fingerprint density at radius 3 is 2.60 bits per heavy atom. The highest BCUT2D eigenvalue weighted by Gasteiger charge is 2.30. The van der Waals surface area contributed by atoms with Gasteiger partial charge in [0.1, 0.15) is 0 Å². The molecule has 1 aromatic rings. The van der Waals surface area contributed by atoms with Gasteiger partial charge in [0.2, 0.25) is 5.91 Å². The van der Waals surface area contributed by atoms with E-state index in [1.54, 1.807) is 0 Å². The average molecular weight is 275 g/mol. The summed E-state index contributed by atoms with van der Waals surface area (Å²) in [6, 6.07) is 10.5. The molecule has 0 bridgehead atoms. The molecule has 3 N–H and O–H groups in total. The van der Waals surface area contributed by atoms with Crippen LogP contribution in [0.15, 0.2) is 30.3 Å². The second-order valence-corrected chi connectivity index (χ2v) is 5.84. The van der Waals surface area contributed by atoms with E-state index in [1.807, 2.05) is 32.3 Å². The number of carbonyl (C=O) groups is 1. The van der Waals surface area contributed by atoms with Gasteiger partial charge in [-0.1, -0.05) is 36.8 Å². The van der Waals surface area contributed by atoms with Crippen LogP contribution in [0.3, 0.4) is 0 Å². The average Bonchev–Trinajstić information content (AvgIpc) is 2.86. The number of hydrogen-bond acceptors (Lipinski definition) is 3. The minimum Gasteiger partial charge on any atom is -0.354 e. The quantitative estimate of drug-likeness (QED) is 0.857. The number of hydrogen-bond donors (Lipinski definition) is 2. The maximum absolute atomic E-state index is 12.2. The van der Waals surface area contributed by atoms with Crippen molar-refractivity contribution in [3.8, 4) is 0 Å². The summed E-state index contributed by atoms with van der Waals surface area (Å²) in [6.07, 6.45) is 2.95. The molecule has 4 heteroatoms. The van der Waals surface area contributed by atoms with Crippen molar-refractivity contribution in [2.75, 3.05) is 20.6 Å². The van der Waals surface area contributed by atoms with Crippen LogP contribution >= 0.6 is 0 Å². The molecule has 1 fully saturated rings. The van der Waals surface area contributed by atoms with Crippen LogP contribution in [0.2, 0.25) is 0 Å². The first-order chi connectivity index (χ1) is 9.59. The molecule has 2 rings (SSSR count). The topological polar surface area (TPSA) is 58.4 Å². The summed E-state index contributed by atoms with van der Waals surface area (Å²) < 4.78 is 0. The molecule has 0 aliphatic heterocycles. The van der Waals surface area contributed by atoms with Crippen LogP contribution in [0.1, 0.15) is 30.9 Å². The molecule has 0 saturated heterocycles. The first-order valence-electron chi connectivity index (χ1n) is 7.34. The SMILES string of the molecule is CN(C)C(CNC(=O)C1CCCC1N)c1ccccc1. The third-order valence-electron chi connectivity index (χ3n) is 4.18. The van der Waals surface area contributed by atoms with E-state index in [9.17, 15) is 4.79 Å². The molecule has 1 aliphatic rings. The van der Waals surface area contributed by atoms with E-state index in [0.717, 1.165) is 19.3 Å². The van der Waals surface area contributed by atoms with Crippen LogP contribution in [0.4, 0.5) is 0 Å². The van der Waals surface area contributed by atoms with Crippen molar-refractivity contribution in [3.05, 3.63) is 35.9 Å². The Kier molecular flexibility index (Phi) is 5.15. The van der Waals surface area contributed by atoms with Gasteiger partial charge in [0.25, 0.3) is 0 Å². The molecule has 1 aliphatic carbocycles. The number of amides is 1. The third kappa shape index (κ3) is 3.58. The Labute approximate surface area is 121 Å². The minimum absolute atomic E-state index is 0.00594. The van der Waals surface area contributed by atoms with Gasteiger partial charge in [-0.25, -0.2) is 0 Å². The van der Waals surface area contributed by atoms with Crippen LogP contribution < -0.4 is 11.1 Å². The summed E-state index contributed by atoms with van der Waals surface area (Å²) in [6.45, 7) is 0.624. The van der Waals surface area contributed by atoms with E-state index in [-0.39, 0.29) is 23.9 Å². The molecule has 3 atom stereocenters. The van der Waals surface area contributed by atoms with Gasteiger partial charge in [0, 0.05) is 12.6 Å². The highest BCUT2D eigenvalue weighted by molar-refractivity contribution is 5.79. The lowest BCUT2D eigenvalue weighted by atomic mass is 10.0. The molecule has 0 heterocycles. The Morgan fingerprint density at radius 2 is 2.05 bits per heavy atom. The second kappa shape index (κ2) is 6.86. The normalized spacial score (nSPS) is 23.8. The fraction of sp³-hybridized carbons (Fsp3) is 0.562. The second-order valence-electron chi connectivity index (χ2n) is 5.84. The van der Waals surface area contributed by atoms with Gasteiger partial charge in [-0.3, -0.25) is 4.79 Å². The smallest absolute Gasteiger partial charge is 0.224 e. The monoisotopic (exact) mass is 275 g/mol. The number of benzene rings is 1. The molecule has 110 valence electrons. The van der Waals surface area contributed by atoms with E-state index in [1.165, 1.54) is 5.56 Å². The highest BCUT2D eigenvalue weighted by atomic mass is 16.1. The Bertz CT molecular complexity index is 433. The van der Waals surface area contributed by atoms with E-state index >= 15 is 0 Å². The summed E-state index contributed by atoms with van der Waals surface area (Å²) in [7, 11) is 4.07. The number of rotatable bonds is 5. The van der Waals surface area contributed by atoms with Crippen LogP contribution in [-0.2, 0) is 4.79 Å². The first kappa shape index (κ1) is 15.0. The summed E-state index contributed by atoms with van der Waals surface area (Å²) in [5.74, 6) is 0.103. The van der Waals surface area contributed by atoms with Crippen molar-refractivity contribution in [2.24, 2.45) is 11.7 Å². The number of nitrogens with one attached hydrogen (secondary N) is 1. The van der Waals surface area contributed by atoms with E-state index in [4.69, 9.17) is 5.73 Å². The Morgan fingerprint density at radius 1 is 1.35 bits per heavy atom. The largest absolute Gasteiger partial charge is 0.354 e. The summed E-state index contributed by atoms with van der Waals surface area (Å²) >= 11 is 0. The zero-order valence-electron chi connectivity index (χ0n) is 12.4. The fourth-order valence-electron chi connectivity index (χ4n) is 2.92. The molecule has 0 radical (unpaired) electrons. The molecular weight excluding hydrogens is 250 g/mol. The molecule has 1 amide bonds. The van der Waals surface area contributed by atoms with E-state index in [2.05, 4.69) is 22.3 Å². The molecule has 4 nitrogen and oxygen atoms in total. The van der Waals surface area contributed by atoms with Gasteiger partial charge in [-0.15, -0.1) is 0 Å². The van der Waals surface area contributed by atoms with Crippen LogP contribution in [0.5, 0.6) is 0 Å². The summed E-state index contributed by atoms with van der Waals surface area (Å²) in [4.78, 5) is 14.3. The predicted octanol–water partition coefficient (Wildman–Crippen LogP) is 1.53. The van der Waals surface area contributed by atoms with Crippen molar-refractivity contribution in [1.82, 2.24) is 10.2 Å². The lowest BCUT2D eigenvalue weighted by molar-refractivity contribution is -0.125. The van der Waals surface area contributed by atoms with Crippen molar-refractivity contribution in [3.63, 3.8) is 0 Å². The van der Waals surface area contributed by atoms with Crippen LogP contribution in [0, 0.1) is 5.92 Å². The molecule has 1 saturated carbocycles. The molecule has 0 spiro atoms. The molecule has 1 aromatic carbocycles. The zero-order valence-corrected chi connectivity index (χ0v) is 12.4. The maximum atomic E-state index is 12.2. The minimum atomic E-state index is -0.00594. The van der Waals surface area contributed by atoms with Crippen molar-refractivity contribution < 1.29 is 4.79 Å². The Hall–Kier alpha value is -1.39. The van der Waals surface area contributed by atoms with Crippen LogP contribution in [0.25, 0.3) is 0 Å². The van der Waals surface area contributed by atoms with Gasteiger partial charge in [0.05, 0.1) is 12.0 Å². The fourth-order valence-corrected chi connectivity index (χ4v) is 2.92. The number of nitrogens with two attached hydrogens (primary N) is 1. The van der Waals surface area contributed by atoms with Gasteiger partial charge in [-0.05, 0) is 32.5 Å². The van der Waals surface area contributed by atoms with E-state index in [0.29, 0.717) is 6.54 Å². The standard InChI is InChI=1S/C16H25N3O/c1-19(2)15(12-7-4-3-5-8-12)11-18-16(20)13-9-6-10-14(13)17/h3-5,7-8,13-15H,6,9-11,17H2,1-2H3,(H,18,20). The summed E-state index contributed by atoms with van der Waals surface area (Å²) in [5, 5.41) is 3.07. The Balaban J connectivity index is 1.94. The van der Waals surface area contributed by atoms with Crippen molar-refractivity contribution in [2.45, 2.75) is 31.3 Å². The molecule has 0 aromatic heterocycles. The van der Waals surface area contributed by atoms with Gasteiger partial charge < -0.3 is 16.0 Å². The van der Waals surface area contributed by atoms with E-state index < -0.39 is 0 Å². The van der Waals surface area contributed by atoms with Gasteiger partial charge >= 0.3 is 0 Å². The zero-order chi connectivity index (χ0) is 14.5. The number of carbonyl (C=O) groups excluding carboxylic acids is 1. The van der Waals surface area contributed by atoms with Crippen molar-refractivity contribution >= 4 is 5.91 Å². The number of nitrogens with zero attached hydrogens (tertiary/aromatic N) is 1. The molecule has 20 heavy (non-hydrogen) atoms. The molecular formula is C16H25N3O. The van der Waals surface area contributed by atoms with Crippen molar-refractivity contribution in [1.29, 1.82) is 0 Å². The van der Waals surface area contributed by atoms with Gasteiger partial charge in [0.15, 0.2) is 0 Å². The molecule has 3 unspecified atom stereocenters. The lowest BCUT2D eigenvalue weighted by Crippen LogP contribution is -2.41. The third-order valence-corrected chi connectivity index (χ3v) is 4.18. The van der Waals surface area contributed by atoms with Crippen LogP contribution in [-0.4, -0.2) is 37.5 Å². The summed E-state index contributed by atoms with van der Waals surface area (Å²) in [5.41, 5.74) is 7.20. The van der Waals surface area contributed by atoms with Gasteiger partial charge in [-0.2, -0.15) is 0 Å². The predicted molar refractivity (Wildman–Crippen MR) is 81.2 cm³/mol. The highest BCUT2D eigenvalue weighted by Crippen LogP contribution is 2.24. The first-order valence-corrected chi connectivity index (χ1v) is 7.34. The maximum Gasteiger partial charge on any atom is 0.224 e. The number of likely N-dealkylation sites (N-methyl/N-ethyl adjacent to an activating group) is 1.